The van der Waals surface area contributed by atoms with E-state index in [0.29, 0.717) is 36.2 Å². The van der Waals surface area contributed by atoms with Gasteiger partial charge in [-0.05, 0) is 18.6 Å². The summed E-state index contributed by atoms with van der Waals surface area (Å²) in [5, 5.41) is 0. The Labute approximate surface area is 133 Å². The predicted molar refractivity (Wildman–Crippen MR) is 82.7 cm³/mol. The Morgan fingerprint density at radius 2 is 2.04 bits per heavy atom. The molecule has 0 spiro atoms. The molecule has 0 radical (unpaired) electrons. The second-order valence-corrected chi connectivity index (χ2v) is 5.98. The molecule has 5 rings (SSSR count). The molecule has 2 atom stereocenters. The summed E-state index contributed by atoms with van der Waals surface area (Å²) in [5.41, 5.74) is 0.512. The Kier molecular flexibility index (Phi) is 3.57. The maximum atomic E-state index is 13.7. The minimum Gasteiger partial charge on any atom is -0.481 e. The van der Waals surface area contributed by atoms with Gasteiger partial charge >= 0.3 is 0 Å². The van der Waals surface area contributed by atoms with Crippen molar-refractivity contribution in [2.24, 2.45) is 0 Å². The van der Waals surface area contributed by atoms with E-state index in [1.165, 1.54) is 6.07 Å². The molecule has 120 valence electrons. The van der Waals surface area contributed by atoms with Crippen molar-refractivity contribution in [3.8, 4) is 5.88 Å². The summed E-state index contributed by atoms with van der Waals surface area (Å²) in [6.45, 7) is 2.28. The van der Waals surface area contributed by atoms with E-state index in [-0.39, 0.29) is 5.82 Å². The maximum absolute atomic E-state index is 13.7. The van der Waals surface area contributed by atoms with E-state index in [1.807, 2.05) is 0 Å². The van der Waals surface area contributed by atoms with Crippen molar-refractivity contribution in [2.75, 3.05) is 25.1 Å². The summed E-state index contributed by atoms with van der Waals surface area (Å²) in [4.78, 5) is 17.4. The number of nitrogens with zero attached hydrogens (tertiary/aromatic N) is 5. The smallest absolute Gasteiger partial charge is 0.229 e. The third-order valence-corrected chi connectivity index (χ3v) is 4.53. The Morgan fingerprint density at radius 3 is 2.78 bits per heavy atom. The topological polar surface area (TPSA) is 54.4 Å². The molecule has 0 aliphatic carbocycles. The summed E-state index contributed by atoms with van der Waals surface area (Å²) in [5.74, 6) is 1.06. The molecule has 3 aliphatic heterocycles. The van der Waals surface area contributed by atoms with Gasteiger partial charge in [-0.2, -0.15) is 4.98 Å². The molecule has 0 N–H and O–H groups in total. The molecule has 0 amide bonds. The molecule has 0 saturated carbocycles. The van der Waals surface area contributed by atoms with Gasteiger partial charge in [-0.15, -0.1) is 0 Å². The minimum atomic E-state index is -0.236. The zero-order chi connectivity index (χ0) is 15.8. The highest BCUT2D eigenvalue weighted by atomic mass is 19.1. The zero-order valence-electron chi connectivity index (χ0n) is 12.9. The largest absolute Gasteiger partial charge is 0.481 e. The fourth-order valence-electron chi connectivity index (χ4n) is 3.47. The minimum absolute atomic E-state index is 0.236. The van der Waals surface area contributed by atoms with Gasteiger partial charge in [0.25, 0.3) is 0 Å². The van der Waals surface area contributed by atoms with Crippen molar-refractivity contribution in [2.45, 2.75) is 25.0 Å². The highest BCUT2D eigenvalue weighted by molar-refractivity contribution is 5.42. The highest BCUT2D eigenvalue weighted by Gasteiger charge is 2.46. The first-order valence-corrected chi connectivity index (χ1v) is 7.71. The fraction of sp³-hybridized carbons (Fsp3) is 0.438. The molecule has 6 nitrogen and oxygen atoms in total. The molecule has 2 aromatic heterocycles. The van der Waals surface area contributed by atoms with E-state index >= 15 is 0 Å². The second-order valence-electron chi connectivity index (χ2n) is 5.98. The van der Waals surface area contributed by atoms with Gasteiger partial charge in [0.05, 0.1) is 12.8 Å². The number of fused-ring (bicyclic) bond motifs is 2. The third kappa shape index (κ3) is 2.61. The summed E-state index contributed by atoms with van der Waals surface area (Å²) < 4.78 is 18.9. The van der Waals surface area contributed by atoms with Crippen molar-refractivity contribution in [1.82, 2.24) is 19.9 Å². The Bertz CT molecular complexity index is 700. The van der Waals surface area contributed by atoms with Gasteiger partial charge in [0, 0.05) is 50.2 Å². The molecule has 3 aliphatic rings. The van der Waals surface area contributed by atoms with Crippen molar-refractivity contribution in [1.29, 1.82) is 0 Å². The van der Waals surface area contributed by atoms with Crippen LogP contribution in [0.4, 0.5) is 10.3 Å². The van der Waals surface area contributed by atoms with Crippen molar-refractivity contribution < 1.29 is 9.13 Å². The first-order valence-electron chi connectivity index (χ1n) is 7.71. The molecular weight excluding hydrogens is 297 g/mol. The Balaban J connectivity index is 1.45. The Morgan fingerprint density at radius 1 is 1.22 bits per heavy atom. The number of piperidine rings is 1. The molecule has 7 heteroatoms. The lowest BCUT2D eigenvalue weighted by Gasteiger charge is -2.56. The monoisotopic (exact) mass is 315 g/mol. The van der Waals surface area contributed by atoms with Crippen LogP contribution in [-0.2, 0) is 6.54 Å². The number of ether oxygens (including phenoxy) is 1. The van der Waals surface area contributed by atoms with Gasteiger partial charge in [0.1, 0.15) is 5.82 Å². The van der Waals surface area contributed by atoms with Crippen LogP contribution in [0.5, 0.6) is 5.88 Å². The standard InChI is InChI=1S/C16H18FN5O/c1-23-15-4-6-19-16(20-15)22-11-7-12(22)9-21(8-11)10-14-13(17)3-2-5-18-14/h2-6,11-12H,7-10H2,1H3. The van der Waals surface area contributed by atoms with E-state index in [1.54, 1.807) is 31.6 Å². The van der Waals surface area contributed by atoms with Crippen molar-refractivity contribution >= 4 is 5.95 Å². The summed E-state index contributed by atoms with van der Waals surface area (Å²) in [7, 11) is 1.60. The van der Waals surface area contributed by atoms with Crippen LogP contribution in [0.3, 0.4) is 0 Å². The first kappa shape index (κ1) is 14.3. The summed E-state index contributed by atoms with van der Waals surface area (Å²) in [6, 6.07) is 5.56. The van der Waals surface area contributed by atoms with Crippen LogP contribution in [0.25, 0.3) is 0 Å². The number of anilines is 1. The zero-order valence-corrected chi connectivity index (χ0v) is 12.9. The molecule has 3 saturated heterocycles. The second kappa shape index (κ2) is 5.73. The molecule has 2 bridgehead atoms. The molecule has 5 heterocycles. The number of halogens is 1. The molecule has 2 unspecified atom stereocenters. The van der Waals surface area contributed by atoms with E-state index in [4.69, 9.17) is 4.74 Å². The number of methoxy groups -OCH3 is 1. The average molecular weight is 315 g/mol. The molecule has 0 aromatic carbocycles. The SMILES string of the molecule is COc1ccnc(N2C3CC2CN(Cc2ncccc2F)C3)n1. The average Bonchev–Trinajstić information content (AvgIpc) is 2.57. The van der Waals surface area contributed by atoms with Gasteiger partial charge < -0.3 is 9.64 Å². The van der Waals surface area contributed by atoms with Crippen molar-refractivity contribution in [3.05, 3.63) is 42.1 Å². The van der Waals surface area contributed by atoms with E-state index in [0.717, 1.165) is 19.5 Å². The van der Waals surface area contributed by atoms with Crippen LogP contribution >= 0.6 is 0 Å². The van der Waals surface area contributed by atoms with Gasteiger partial charge in [-0.1, -0.05) is 0 Å². The molecule has 2 aromatic rings. The molecule has 23 heavy (non-hydrogen) atoms. The van der Waals surface area contributed by atoms with E-state index < -0.39 is 0 Å². The number of piperazine rings is 1. The normalized spacial score (nSPS) is 23.5. The van der Waals surface area contributed by atoms with Crippen molar-refractivity contribution in [3.63, 3.8) is 0 Å². The van der Waals surface area contributed by atoms with Gasteiger partial charge in [0.2, 0.25) is 11.8 Å². The number of hydrogen-bond acceptors (Lipinski definition) is 6. The lowest BCUT2D eigenvalue weighted by atomic mass is 9.88. The van der Waals surface area contributed by atoms with Gasteiger partial charge in [-0.25, -0.2) is 9.37 Å². The van der Waals surface area contributed by atoms with Gasteiger partial charge in [-0.3, -0.25) is 9.88 Å². The first-order chi connectivity index (χ1) is 11.2. The predicted octanol–water partition coefficient (Wildman–Crippen LogP) is 1.48. The van der Waals surface area contributed by atoms with Crippen LogP contribution in [0.15, 0.2) is 30.6 Å². The number of aromatic nitrogens is 3. The Hall–Kier alpha value is -2.28. The van der Waals surface area contributed by atoms with Crippen LogP contribution in [0, 0.1) is 5.82 Å². The summed E-state index contributed by atoms with van der Waals surface area (Å²) in [6.07, 6.45) is 4.48. The summed E-state index contributed by atoms with van der Waals surface area (Å²) >= 11 is 0. The van der Waals surface area contributed by atoms with Crippen LogP contribution in [-0.4, -0.2) is 52.1 Å². The quantitative estimate of drug-likeness (QED) is 0.852. The van der Waals surface area contributed by atoms with Crippen LogP contribution in [0.1, 0.15) is 12.1 Å². The van der Waals surface area contributed by atoms with Crippen LogP contribution in [0.2, 0.25) is 0 Å². The number of hydrogen-bond donors (Lipinski definition) is 0. The number of pyridine rings is 1. The molecular formula is C16H18FN5O. The van der Waals surface area contributed by atoms with Crippen LogP contribution < -0.4 is 9.64 Å². The lowest BCUT2D eigenvalue weighted by Crippen LogP contribution is -2.69. The highest BCUT2D eigenvalue weighted by Crippen LogP contribution is 2.36. The lowest BCUT2D eigenvalue weighted by molar-refractivity contribution is 0.104. The van der Waals surface area contributed by atoms with Gasteiger partial charge in [0.15, 0.2) is 0 Å². The molecule has 3 fully saturated rings. The third-order valence-electron chi connectivity index (χ3n) is 4.53. The van der Waals surface area contributed by atoms with E-state index in [9.17, 15) is 4.39 Å². The van der Waals surface area contributed by atoms with E-state index in [2.05, 4.69) is 24.8 Å². The maximum Gasteiger partial charge on any atom is 0.229 e. The fourth-order valence-corrected chi connectivity index (χ4v) is 3.47. The number of rotatable bonds is 4.